The molecule has 8 heteroatoms. The average Bonchev–Trinajstić information content (AvgIpc) is 3.44. The molecule has 2 bridgehead atoms. The molecular formula is C26H35N3O4S. The lowest BCUT2D eigenvalue weighted by Gasteiger charge is -2.41. The van der Waals surface area contributed by atoms with Crippen molar-refractivity contribution in [3.05, 3.63) is 35.9 Å². The number of hydrogen-bond acceptors (Lipinski definition) is 5. The van der Waals surface area contributed by atoms with E-state index < -0.39 is 28.7 Å². The summed E-state index contributed by atoms with van der Waals surface area (Å²) >= 11 is 1.67. The van der Waals surface area contributed by atoms with Gasteiger partial charge in [0.25, 0.3) is 0 Å². The number of nitrogens with zero attached hydrogens (tertiary/aromatic N) is 1. The number of hydrogen-bond donors (Lipinski definition) is 3. The summed E-state index contributed by atoms with van der Waals surface area (Å²) in [4.78, 5) is 42.8. The van der Waals surface area contributed by atoms with E-state index in [9.17, 15) is 19.5 Å². The molecule has 5 rings (SSSR count). The maximum atomic E-state index is 14.2. The third kappa shape index (κ3) is 3.48. The lowest BCUT2D eigenvalue weighted by molar-refractivity contribution is -0.143. The fourth-order valence-electron chi connectivity index (χ4n) is 7.12. The molecule has 1 saturated carbocycles. The van der Waals surface area contributed by atoms with E-state index in [0.717, 1.165) is 37.7 Å². The Balaban J connectivity index is 1.58. The van der Waals surface area contributed by atoms with E-state index >= 15 is 0 Å². The highest BCUT2D eigenvalue weighted by atomic mass is 32.2. The van der Waals surface area contributed by atoms with Crippen LogP contribution in [-0.4, -0.2) is 63.5 Å². The van der Waals surface area contributed by atoms with Crippen LogP contribution in [0.25, 0.3) is 0 Å². The Morgan fingerprint density at radius 1 is 1.18 bits per heavy atom. The second-order valence-corrected chi connectivity index (χ2v) is 11.9. The van der Waals surface area contributed by atoms with Crippen LogP contribution in [0.3, 0.4) is 0 Å². The average molecular weight is 486 g/mol. The van der Waals surface area contributed by atoms with Gasteiger partial charge in [-0.3, -0.25) is 14.4 Å². The number of thioether (sulfide) groups is 1. The number of nitrogens with one attached hydrogen (secondary N) is 2. The summed E-state index contributed by atoms with van der Waals surface area (Å²) in [7, 11) is 1.61. The molecule has 3 unspecified atom stereocenters. The van der Waals surface area contributed by atoms with Crippen LogP contribution in [0, 0.1) is 17.8 Å². The molecule has 1 aromatic carbocycles. The molecule has 3 saturated heterocycles. The fraction of sp³-hybridized carbons (Fsp3) is 0.654. The predicted octanol–water partition coefficient (Wildman–Crippen LogP) is 2.25. The minimum absolute atomic E-state index is 0.0281. The van der Waals surface area contributed by atoms with Crippen molar-refractivity contribution in [1.82, 2.24) is 15.5 Å². The second-order valence-electron chi connectivity index (χ2n) is 10.4. The van der Waals surface area contributed by atoms with Gasteiger partial charge in [-0.1, -0.05) is 56.5 Å². The Hall–Kier alpha value is -2.06. The van der Waals surface area contributed by atoms with E-state index in [1.165, 1.54) is 6.42 Å². The van der Waals surface area contributed by atoms with Crippen LogP contribution in [0.5, 0.6) is 0 Å². The molecule has 184 valence electrons. The van der Waals surface area contributed by atoms with E-state index in [2.05, 4.69) is 17.6 Å². The highest BCUT2D eigenvalue weighted by molar-refractivity contribution is 8.02. The van der Waals surface area contributed by atoms with Crippen molar-refractivity contribution in [3.8, 4) is 0 Å². The Bertz CT molecular complexity index is 953. The number of carbonyl (C=O) groups is 3. The molecule has 7 nitrogen and oxygen atoms in total. The van der Waals surface area contributed by atoms with Crippen molar-refractivity contribution in [2.75, 3.05) is 13.7 Å². The molecular weight excluding hydrogens is 450 g/mol. The van der Waals surface area contributed by atoms with Crippen molar-refractivity contribution in [2.24, 2.45) is 17.8 Å². The molecule has 3 heterocycles. The first kappa shape index (κ1) is 23.7. The molecule has 4 fully saturated rings. The van der Waals surface area contributed by atoms with Crippen molar-refractivity contribution in [1.29, 1.82) is 0 Å². The predicted molar refractivity (Wildman–Crippen MR) is 131 cm³/mol. The fourth-order valence-corrected chi connectivity index (χ4v) is 9.53. The first-order chi connectivity index (χ1) is 16.4. The molecule has 1 aromatic rings. The van der Waals surface area contributed by atoms with Crippen molar-refractivity contribution < 1.29 is 19.5 Å². The normalized spacial score (nSPS) is 35.8. The number of fused-ring (bicyclic) bond motifs is 1. The molecule has 34 heavy (non-hydrogen) atoms. The minimum Gasteiger partial charge on any atom is -0.394 e. The molecule has 3 N–H and O–H groups in total. The van der Waals surface area contributed by atoms with Crippen molar-refractivity contribution in [2.45, 2.75) is 73.6 Å². The number of carbonyl (C=O) groups excluding carboxylic acids is 3. The maximum Gasteiger partial charge on any atom is 0.244 e. The van der Waals surface area contributed by atoms with Gasteiger partial charge in [-0.2, -0.15) is 0 Å². The van der Waals surface area contributed by atoms with Gasteiger partial charge < -0.3 is 20.6 Å². The smallest absolute Gasteiger partial charge is 0.244 e. The van der Waals surface area contributed by atoms with Crippen LogP contribution in [0.15, 0.2) is 30.3 Å². The van der Waals surface area contributed by atoms with Gasteiger partial charge in [0.05, 0.1) is 29.2 Å². The van der Waals surface area contributed by atoms with Crippen LogP contribution in [0.4, 0.5) is 0 Å². The minimum atomic E-state index is -0.719. The number of rotatable bonds is 6. The maximum absolute atomic E-state index is 14.2. The van der Waals surface area contributed by atoms with E-state index in [1.807, 2.05) is 30.3 Å². The quantitative estimate of drug-likeness (QED) is 0.574. The first-order valence-electron chi connectivity index (χ1n) is 12.6. The van der Waals surface area contributed by atoms with E-state index in [-0.39, 0.29) is 41.5 Å². The van der Waals surface area contributed by atoms with E-state index in [4.69, 9.17) is 0 Å². The van der Waals surface area contributed by atoms with Crippen molar-refractivity contribution >= 4 is 29.5 Å². The Morgan fingerprint density at radius 2 is 1.88 bits per heavy atom. The number of benzene rings is 1. The molecule has 1 spiro atoms. The van der Waals surface area contributed by atoms with Crippen LogP contribution in [0.2, 0.25) is 0 Å². The van der Waals surface area contributed by atoms with Crippen LogP contribution in [-0.2, 0) is 14.4 Å². The molecule has 1 aliphatic carbocycles. The number of aliphatic hydroxyl groups is 1. The summed E-state index contributed by atoms with van der Waals surface area (Å²) < 4.78 is -0.667. The molecule has 3 amide bonds. The third-order valence-electron chi connectivity index (χ3n) is 8.63. The summed E-state index contributed by atoms with van der Waals surface area (Å²) in [5.41, 5.74) is 0.800. The summed E-state index contributed by atoms with van der Waals surface area (Å²) in [6.45, 7) is 1.84. The van der Waals surface area contributed by atoms with Gasteiger partial charge in [0, 0.05) is 18.3 Å². The SMILES string of the molecule is CNC(=O)[C@@H]1[C@@H]2CC(C)C3(S2)C(C(=O)NC2CCCCC2)N([C@H](CO)c2ccccc2)C(=O)[C@H]13. The van der Waals surface area contributed by atoms with Crippen molar-refractivity contribution in [3.63, 3.8) is 0 Å². The zero-order chi connectivity index (χ0) is 24.0. The Kier molecular flexibility index (Phi) is 6.40. The molecule has 0 aromatic heterocycles. The van der Waals surface area contributed by atoms with E-state index in [1.54, 1.807) is 23.7 Å². The lowest BCUT2D eigenvalue weighted by Crippen LogP contribution is -2.58. The lowest BCUT2D eigenvalue weighted by atomic mass is 9.66. The summed E-state index contributed by atoms with van der Waals surface area (Å²) in [5.74, 6) is -1.34. The van der Waals surface area contributed by atoms with Gasteiger partial charge in [-0.05, 0) is 30.7 Å². The van der Waals surface area contributed by atoms with Crippen LogP contribution >= 0.6 is 11.8 Å². The molecule has 0 radical (unpaired) electrons. The number of amides is 3. The standard InChI is InChI=1S/C26H35N3O4S/c1-15-13-19-20(23(31)27-2)21-25(33)29(18(14-30)16-9-5-3-6-10-16)22(26(15,21)34-19)24(32)28-17-11-7-4-8-12-17/h3,5-6,9-10,15,17-22,30H,4,7-8,11-14H2,1-2H3,(H,27,31)(H,28,32)/t15?,18-,19+,20-,21+,22?,26?/m1/s1. The van der Waals surface area contributed by atoms with Gasteiger partial charge in [-0.25, -0.2) is 0 Å². The van der Waals surface area contributed by atoms with Gasteiger partial charge in [-0.15, -0.1) is 11.8 Å². The summed E-state index contributed by atoms with van der Waals surface area (Å²) in [5, 5.41) is 16.6. The van der Waals surface area contributed by atoms with Gasteiger partial charge >= 0.3 is 0 Å². The number of likely N-dealkylation sites (tertiary alicyclic amines) is 1. The monoisotopic (exact) mass is 485 g/mol. The van der Waals surface area contributed by atoms with Crippen LogP contribution in [0.1, 0.15) is 57.1 Å². The zero-order valence-electron chi connectivity index (χ0n) is 19.9. The second kappa shape index (κ2) is 9.19. The Morgan fingerprint density at radius 3 is 2.53 bits per heavy atom. The van der Waals surface area contributed by atoms with Gasteiger partial charge in [0.1, 0.15) is 6.04 Å². The Labute approximate surface area is 205 Å². The van der Waals surface area contributed by atoms with E-state index in [0.29, 0.717) is 0 Å². The van der Waals surface area contributed by atoms with Crippen LogP contribution < -0.4 is 10.6 Å². The van der Waals surface area contributed by atoms with Gasteiger partial charge in [0.2, 0.25) is 17.7 Å². The highest BCUT2D eigenvalue weighted by Crippen LogP contribution is 2.69. The zero-order valence-corrected chi connectivity index (χ0v) is 20.7. The molecule has 7 atom stereocenters. The summed E-state index contributed by atoms with van der Waals surface area (Å²) in [6, 6.07) is 8.20. The molecule has 3 aliphatic heterocycles. The molecule has 4 aliphatic rings. The first-order valence-corrected chi connectivity index (χ1v) is 13.5. The highest BCUT2D eigenvalue weighted by Gasteiger charge is 2.76. The number of aliphatic hydroxyl groups excluding tert-OH is 1. The largest absolute Gasteiger partial charge is 0.394 e. The summed E-state index contributed by atoms with van der Waals surface area (Å²) in [6.07, 6.45) is 6.11. The third-order valence-corrected chi connectivity index (χ3v) is 10.7. The topological polar surface area (TPSA) is 98.7 Å². The van der Waals surface area contributed by atoms with Gasteiger partial charge in [0.15, 0.2) is 0 Å².